The second-order valence-corrected chi connectivity index (χ2v) is 4.88. The Kier molecular flexibility index (Phi) is 6.75. The molecule has 2 aliphatic rings. The van der Waals surface area contributed by atoms with Gasteiger partial charge in [0.1, 0.15) is 6.26 Å². The molecule has 0 spiro atoms. The van der Waals surface area contributed by atoms with Crippen LogP contribution in [0.5, 0.6) is 0 Å². The first kappa shape index (κ1) is 17.2. The summed E-state index contributed by atoms with van der Waals surface area (Å²) in [7, 11) is 0. The average molecular weight is 323 g/mol. The smallest absolute Gasteiger partial charge is 0.236 e. The van der Waals surface area contributed by atoms with E-state index in [1.54, 1.807) is 6.26 Å². The molecule has 6 nitrogen and oxygen atoms in total. The van der Waals surface area contributed by atoms with E-state index >= 15 is 0 Å². The van der Waals surface area contributed by atoms with Crippen molar-refractivity contribution in [3.8, 4) is 0 Å². The number of rotatable bonds is 2. The van der Waals surface area contributed by atoms with Crippen molar-refractivity contribution in [3.05, 3.63) is 17.5 Å². The second-order valence-electron chi connectivity index (χ2n) is 4.88. The van der Waals surface area contributed by atoms with Crippen molar-refractivity contribution in [1.82, 2.24) is 20.3 Å². The molecule has 0 radical (unpaired) electrons. The summed E-state index contributed by atoms with van der Waals surface area (Å²) in [5.74, 6) is 0.233. The Balaban J connectivity index is 0.000001000. The Hall–Kier alpha value is -0.820. The Morgan fingerprint density at radius 1 is 1.30 bits per heavy atom. The molecular weight excluding hydrogens is 303 g/mol. The highest BCUT2D eigenvalue weighted by Gasteiger charge is 2.23. The van der Waals surface area contributed by atoms with Crippen LogP contribution in [0.3, 0.4) is 0 Å². The highest BCUT2D eigenvalue weighted by molar-refractivity contribution is 5.85. The minimum atomic E-state index is 0. The Labute approximate surface area is 130 Å². The average Bonchev–Trinajstić information content (AvgIpc) is 2.87. The molecule has 0 aliphatic carbocycles. The lowest BCUT2D eigenvalue weighted by molar-refractivity contribution is -0.133. The van der Waals surface area contributed by atoms with Crippen molar-refractivity contribution in [1.29, 1.82) is 0 Å². The second kappa shape index (κ2) is 7.83. The highest BCUT2D eigenvalue weighted by Crippen LogP contribution is 2.17. The number of amides is 1. The SMILES string of the molecule is Cl.Cl.O=C(CN1CCc2nocc2C1)N1CCNCC1. The van der Waals surface area contributed by atoms with E-state index in [-0.39, 0.29) is 30.7 Å². The molecule has 1 amide bonds. The molecule has 0 aromatic carbocycles. The summed E-state index contributed by atoms with van der Waals surface area (Å²) in [5.41, 5.74) is 2.16. The zero-order valence-corrected chi connectivity index (χ0v) is 12.8. The van der Waals surface area contributed by atoms with E-state index in [2.05, 4.69) is 15.4 Å². The predicted molar refractivity (Wildman–Crippen MR) is 79.4 cm³/mol. The first-order chi connectivity index (χ1) is 8.83. The number of fused-ring (bicyclic) bond motifs is 1. The van der Waals surface area contributed by atoms with E-state index in [4.69, 9.17) is 4.52 Å². The number of carbonyl (C=O) groups is 1. The Morgan fingerprint density at radius 3 is 2.80 bits per heavy atom. The molecule has 0 saturated carbocycles. The number of piperazine rings is 1. The molecule has 0 bridgehead atoms. The highest BCUT2D eigenvalue weighted by atomic mass is 35.5. The molecule has 2 aliphatic heterocycles. The summed E-state index contributed by atoms with van der Waals surface area (Å²) in [6, 6.07) is 0. The number of nitrogens with zero attached hydrogens (tertiary/aromatic N) is 3. The molecule has 20 heavy (non-hydrogen) atoms. The van der Waals surface area contributed by atoms with Gasteiger partial charge in [-0.2, -0.15) is 0 Å². The van der Waals surface area contributed by atoms with Crippen LogP contribution >= 0.6 is 24.8 Å². The lowest BCUT2D eigenvalue weighted by atomic mass is 10.1. The minimum absolute atomic E-state index is 0. The monoisotopic (exact) mass is 322 g/mol. The third-order valence-electron chi connectivity index (χ3n) is 3.62. The number of hydrogen-bond donors (Lipinski definition) is 1. The van der Waals surface area contributed by atoms with E-state index in [1.807, 2.05) is 4.90 Å². The first-order valence-electron chi connectivity index (χ1n) is 6.46. The van der Waals surface area contributed by atoms with Gasteiger partial charge in [-0.1, -0.05) is 5.16 Å². The van der Waals surface area contributed by atoms with Gasteiger partial charge < -0.3 is 14.7 Å². The van der Waals surface area contributed by atoms with Crippen molar-refractivity contribution in [3.63, 3.8) is 0 Å². The van der Waals surface area contributed by atoms with Crippen molar-refractivity contribution >= 4 is 30.7 Å². The quantitative estimate of drug-likeness (QED) is 0.849. The van der Waals surface area contributed by atoms with E-state index < -0.39 is 0 Å². The number of nitrogens with one attached hydrogen (secondary N) is 1. The van der Waals surface area contributed by atoms with Gasteiger partial charge in [0.15, 0.2) is 0 Å². The number of carbonyl (C=O) groups excluding carboxylic acids is 1. The molecule has 3 heterocycles. The van der Waals surface area contributed by atoms with Crippen LogP contribution in [-0.2, 0) is 17.8 Å². The maximum Gasteiger partial charge on any atom is 0.236 e. The lowest BCUT2D eigenvalue weighted by Crippen LogP contribution is -2.50. The van der Waals surface area contributed by atoms with Crippen molar-refractivity contribution in [2.45, 2.75) is 13.0 Å². The van der Waals surface area contributed by atoms with Crippen LogP contribution in [0, 0.1) is 0 Å². The predicted octanol–water partition coefficient (Wildman–Crippen LogP) is 0.308. The summed E-state index contributed by atoms with van der Waals surface area (Å²) in [4.78, 5) is 16.2. The summed E-state index contributed by atoms with van der Waals surface area (Å²) >= 11 is 0. The van der Waals surface area contributed by atoms with Crippen LogP contribution < -0.4 is 5.32 Å². The molecule has 1 fully saturated rings. The summed E-state index contributed by atoms with van der Waals surface area (Å²) < 4.78 is 4.96. The largest absolute Gasteiger partial charge is 0.364 e. The fourth-order valence-corrected chi connectivity index (χ4v) is 2.54. The van der Waals surface area contributed by atoms with Crippen LogP contribution in [-0.4, -0.2) is 60.1 Å². The summed E-state index contributed by atoms with van der Waals surface area (Å²) in [5, 5.41) is 7.21. The molecule has 1 N–H and O–H groups in total. The molecule has 3 rings (SSSR count). The van der Waals surface area contributed by atoms with Crippen LogP contribution in [0.25, 0.3) is 0 Å². The van der Waals surface area contributed by atoms with Gasteiger partial charge in [0.25, 0.3) is 0 Å². The van der Waals surface area contributed by atoms with E-state index in [0.717, 1.165) is 56.9 Å². The fraction of sp³-hybridized carbons (Fsp3) is 0.667. The molecular formula is C12H20Cl2N4O2. The van der Waals surface area contributed by atoms with E-state index in [0.29, 0.717) is 6.54 Å². The fourth-order valence-electron chi connectivity index (χ4n) is 2.54. The molecule has 114 valence electrons. The molecule has 0 unspecified atom stereocenters. The van der Waals surface area contributed by atoms with Crippen LogP contribution in [0.4, 0.5) is 0 Å². The van der Waals surface area contributed by atoms with Crippen molar-refractivity contribution in [2.75, 3.05) is 39.3 Å². The molecule has 0 atom stereocenters. The topological polar surface area (TPSA) is 61.6 Å². The van der Waals surface area contributed by atoms with Gasteiger partial charge in [0, 0.05) is 51.3 Å². The van der Waals surface area contributed by atoms with Crippen molar-refractivity contribution < 1.29 is 9.32 Å². The minimum Gasteiger partial charge on any atom is -0.364 e. The molecule has 1 saturated heterocycles. The number of hydrogen-bond acceptors (Lipinski definition) is 5. The first-order valence-corrected chi connectivity index (χ1v) is 6.46. The van der Waals surface area contributed by atoms with Gasteiger partial charge in [-0.15, -0.1) is 24.8 Å². The van der Waals surface area contributed by atoms with Crippen molar-refractivity contribution in [2.24, 2.45) is 0 Å². The van der Waals surface area contributed by atoms with Gasteiger partial charge in [0.05, 0.1) is 12.2 Å². The summed E-state index contributed by atoms with van der Waals surface area (Å²) in [6.45, 7) is 5.62. The maximum absolute atomic E-state index is 12.1. The third-order valence-corrected chi connectivity index (χ3v) is 3.62. The third kappa shape index (κ3) is 3.85. The maximum atomic E-state index is 12.1. The molecule has 1 aromatic rings. The zero-order valence-electron chi connectivity index (χ0n) is 11.2. The Bertz CT molecular complexity index is 435. The van der Waals surface area contributed by atoms with Gasteiger partial charge in [-0.3, -0.25) is 9.69 Å². The molecule has 8 heteroatoms. The van der Waals surface area contributed by atoms with Gasteiger partial charge in [-0.05, 0) is 0 Å². The summed E-state index contributed by atoms with van der Waals surface area (Å²) in [6.07, 6.45) is 2.57. The lowest BCUT2D eigenvalue weighted by Gasteiger charge is -2.31. The van der Waals surface area contributed by atoms with Gasteiger partial charge in [-0.25, -0.2) is 0 Å². The van der Waals surface area contributed by atoms with Gasteiger partial charge >= 0.3 is 0 Å². The normalized spacial score (nSPS) is 18.7. The van der Waals surface area contributed by atoms with E-state index in [1.165, 1.54) is 0 Å². The van der Waals surface area contributed by atoms with Crippen LogP contribution in [0.1, 0.15) is 11.3 Å². The standard InChI is InChI=1S/C12H18N4O2.2ClH/c17-12(16-5-2-13-3-6-16)8-15-4-1-11-10(7-15)9-18-14-11;;/h9,13H,1-8H2;2*1H. The number of halogens is 2. The molecule has 1 aromatic heterocycles. The number of aromatic nitrogens is 1. The van der Waals surface area contributed by atoms with Gasteiger partial charge in [0.2, 0.25) is 5.91 Å². The Morgan fingerprint density at radius 2 is 2.05 bits per heavy atom. The van der Waals surface area contributed by atoms with Crippen LogP contribution in [0.2, 0.25) is 0 Å². The zero-order chi connectivity index (χ0) is 12.4. The van der Waals surface area contributed by atoms with E-state index in [9.17, 15) is 4.79 Å². The van der Waals surface area contributed by atoms with Crippen LogP contribution in [0.15, 0.2) is 10.8 Å².